The van der Waals surface area contributed by atoms with Gasteiger partial charge in [-0.2, -0.15) is 0 Å². The molecule has 0 unspecified atom stereocenters. The summed E-state index contributed by atoms with van der Waals surface area (Å²) in [4.78, 5) is 8.45. The van der Waals surface area contributed by atoms with Crippen molar-refractivity contribution in [1.82, 2.24) is 9.97 Å². The normalized spacial score (nSPS) is 8.00. The first-order valence-electron chi connectivity index (χ1n) is 5.39. The van der Waals surface area contributed by atoms with E-state index < -0.39 is 0 Å². The molecular weight excluding hydrogens is 172 g/mol. The molecule has 82 valence electrons. The molecule has 0 aliphatic rings. The summed E-state index contributed by atoms with van der Waals surface area (Å²) >= 11 is 0. The Kier molecular flexibility index (Phi) is 9.63. The fraction of sp³-hybridized carbons (Fsp3) is 0.667. The molecule has 1 aromatic heterocycles. The van der Waals surface area contributed by atoms with E-state index in [1.807, 2.05) is 55.4 Å². The van der Waals surface area contributed by atoms with Crippen molar-refractivity contribution in [3.05, 3.63) is 22.8 Å². The summed E-state index contributed by atoms with van der Waals surface area (Å²) in [5.74, 6) is 0.862. The Morgan fingerprint density at radius 3 is 1.21 bits per heavy atom. The second-order valence-corrected chi connectivity index (χ2v) is 2.57. The monoisotopic (exact) mass is 196 g/mol. The highest BCUT2D eigenvalue weighted by Gasteiger charge is 1.99. The fourth-order valence-electron chi connectivity index (χ4n) is 0.940. The Labute approximate surface area is 88.8 Å². The van der Waals surface area contributed by atoms with Crippen molar-refractivity contribution in [3.8, 4) is 0 Å². The number of aromatic nitrogens is 2. The third-order valence-corrected chi connectivity index (χ3v) is 1.74. The summed E-state index contributed by atoms with van der Waals surface area (Å²) in [6, 6.07) is 0. The first kappa shape index (κ1) is 15.5. The van der Waals surface area contributed by atoms with E-state index >= 15 is 0 Å². The van der Waals surface area contributed by atoms with Crippen LogP contribution in [-0.4, -0.2) is 9.97 Å². The lowest BCUT2D eigenvalue weighted by Crippen LogP contribution is -1.97. The van der Waals surface area contributed by atoms with Crippen molar-refractivity contribution >= 4 is 0 Å². The Balaban J connectivity index is 0. The molecule has 0 aromatic carbocycles. The molecule has 0 atom stereocenters. The highest BCUT2D eigenvalue weighted by molar-refractivity contribution is 5.21. The van der Waals surface area contributed by atoms with Crippen molar-refractivity contribution in [2.75, 3.05) is 0 Å². The van der Waals surface area contributed by atoms with Crippen LogP contribution in [0.1, 0.15) is 50.5 Å². The number of aryl methyl sites for hydroxylation is 3. The van der Waals surface area contributed by atoms with Gasteiger partial charge in [0.1, 0.15) is 5.82 Å². The van der Waals surface area contributed by atoms with Crippen molar-refractivity contribution in [2.45, 2.75) is 55.4 Å². The van der Waals surface area contributed by atoms with E-state index in [4.69, 9.17) is 0 Å². The average molecular weight is 196 g/mol. The van der Waals surface area contributed by atoms with Crippen LogP contribution < -0.4 is 0 Å². The largest absolute Gasteiger partial charge is 0.238 e. The maximum absolute atomic E-state index is 4.22. The molecule has 0 aliphatic carbocycles. The van der Waals surface area contributed by atoms with Crippen LogP contribution in [0, 0.1) is 27.7 Å². The molecule has 0 radical (unpaired) electrons. The van der Waals surface area contributed by atoms with Gasteiger partial charge in [0.15, 0.2) is 0 Å². The van der Waals surface area contributed by atoms with Crippen LogP contribution in [0.25, 0.3) is 0 Å². The number of hydrogen-bond acceptors (Lipinski definition) is 2. The number of nitrogens with zero attached hydrogens (tertiary/aromatic N) is 2. The lowest BCUT2D eigenvalue weighted by Gasteiger charge is -2.02. The van der Waals surface area contributed by atoms with Gasteiger partial charge in [-0.05, 0) is 33.3 Å². The van der Waals surface area contributed by atoms with Gasteiger partial charge in [-0.25, -0.2) is 9.97 Å². The fourth-order valence-corrected chi connectivity index (χ4v) is 0.940. The Hall–Kier alpha value is -0.920. The maximum atomic E-state index is 4.22. The van der Waals surface area contributed by atoms with E-state index in [0.29, 0.717) is 0 Å². The van der Waals surface area contributed by atoms with Gasteiger partial charge in [-0.3, -0.25) is 0 Å². The zero-order valence-electron chi connectivity index (χ0n) is 10.9. The minimum Gasteiger partial charge on any atom is -0.238 e. The maximum Gasteiger partial charge on any atom is 0.125 e. The summed E-state index contributed by atoms with van der Waals surface area (Å²) in [6.07, 6.45) is 0. The van der Waals surface area contributed by atoms with Gasteiger partial charge in [0, 0.05) is 11.4 Å². The zero-order chi connectivity index (χ0) is 11.7. The third-order valence-electron chi connectivity index (χ3n) is 1.74. The quantitative estimate of drug-likeness (QED) is 0.631. The molecule has 0 aliphatic heterocycles. The van der Waals surface area contributed by atoms with Gasteiger partial charge in [0.2, 0.25) is 0 Å². The molecule has 0 saturated carbocycles. The van der Waals surface area contributed by atoms with Crippen molar-refractivity contribution in [3.63, 3.8) is 0 Å². The molecule has 0 fully saturated rings. The molecule has 0 bridgehead atoms. The van der Waals surface area contributed by atoms with E-state index in [1.165, 1.54) is 5.56 Å². The van der Waals surface area contributed by atoms with Gasteiger partial charge < -0.3 is 0 Å². The molecule has 0 amide bonds. The predicted molar refractivity (Wildman–Crippen MR) is 63.7 cm³/mol. The highest BCUT2D eigenvalue weighted by atomic mass is 14.9. The van der Waals surface area contributed by atoms with Crippen LogP contribution in [0.2, 0.25) is 0 Å². The smallest absolute Gasteiger partial charge is 0.125 e. The van der Waals surface area contributed by atoms with E-state index in [9.17, 15) is 0 Å². The van der Waals surface area contributed by atoms with Crippen LogP contribution in [0.3, 0.4) is 0 Å². The van der Waals surface area contributed by atoms with E-state index in [2.05, 4.69) is 9.97 Å². The van der Waals surface area contributed by atoms with E-state index in [1.54, 1.807) is 0 Å². The van der Waals surface area contributed by atoms with Crippen molar-refractivity contribution in [1.29, 1.82) is 0 Å². The molecule has 2 nitrogen and oxygen atoms in total. The molecule has 1 rings (SSSR count). The Morgan fingerprint density at radius 2 is 0.929 bits per heavy atom. The zero-order valence-corrected chi connectivity index (χ0v) is 10.9. The number of hydrogen-bond donors (Lipinski definition) is 0. The van der Waals surface area contributed by atoms with Crippen LogP contribution >= 0.6 is 0 Å². The first-order valence-corrected chi connectivity index (χ1v) is 5.39. The van der Waals surface area contributed by atoms with E-state index in [0.717, 1.165) is 17.2 Å². The topological polar surface area (TPSA) is 25.8 Å². The highest BCUT2D eigenvalue weighted by Crippen LogP contribution is 2.06. The average Bonchev–Trinajstić information content (AvgIpc) is 2.20. The molecule has 0 spiro atoms. The lowest BCUT2D eigenvalue weighted by molar-refractivity contribution is 0.948. The molecule has 2 heteroatoms. The summed E-state index contributed by atoms with van der Waals surface area (Å²) in [6.45, 7) is 16.0. The van der Waals surface area contributed by atoms with Gasteiger partial charge in [0.25, 0.3) is 0 Å². The second kappa shape index (κ2) is 8.67. The summed E-state index contributed by atoms with van der Waals surface area (Å²) < 4.78 is 0. The summed E-state index contributed by atoms with van der Waals surface area (Å²) in [5, 5.41) is 0. The predicted octanol–water partition coefficient (Wildman–Crippen LogP) is 3.76. The van der Waals surface area contributed by atoms with Gasteiger partial charge >= 0.3 is 0 Å². The second-order valence-electron chi connectivity index (χ2n) is 2.57. The van der Waals surface area contributed by atoms with Crippen molar-refractivity contribution < 1.29 is 0 Å². The van der Waals surface area contributed by atoms with E-state index in [-0.39, 0.29) is 0 Å². The van der Waals surface area contributed by atoms with Crippen LogP contribution in [0.15, 0.2) is 0 Å². The molecule has 1 heterocycles. The van der Waals surface area contributed by atoms with Crippen LogP contribution in [-0.2, 0) is 0 Å². The Bertz CT molecular complexity index is 231. The molecule has 1 aromatic rings. The van der Waals surface area contributed by atoms with Gasteiger partial charge in [0.05, 0.1) is 0 Å². The van der Waals surface area contributed by atoms with Crippen molar-refractivity contribution in [2.24, 2.45) is 0 Å². The molecular formula is C12H24N2. The van der Waals surface area contributed by atoms with Gasteiger partial charge in [-0.15, -0.1) is 0 Å². The summed E-state index contributed by atoms with van der Waals surface area (Å²) in [5.41, 5.74) is 3.38. The summed E-state index contributed by atoms with van der Waals surface area (Å²) in [7, 11) is 0. The van der Waals surface area contributed by atoms with Crippen LogP contribution in [0.5, 0.6) is 0 Å². The molecule has 14 heavy (non-hydrogen) atoms. The Morgan fingerprint density at radius 1 is 0.643 bits per heavy atom. The molecule has 0 N–H and O–H groups in total. The molecule has 0 saturated heterocycles. The third kappa shape index (κ3) is 4.95. The standard InChI is InChI=1S/C8H12N2.2C2H6/c1-5-6(2)9-8(4)10-7(5)3;2*1-2/h1-4H3;2*1-2H3. The van der Waals surface area contributed by atoms with Crippen LogP contribution in [0.4, 0.5) is 0 Å². The van der Waals surface area contributed by atoms with Gasteiger partial charge in [-0.1, -0.05) is 27.7 Å². The first-order chi connectivity index (χ1) is 6.61. The minimum absolute atomic E-state index is 0.862. The lowest BCUT2D eigenvalue weighted by atomic mass is 10.2. The minimum atomic E-state index is 0.862. The SMILES string of the molecule is CC.CC.Cc1nc(C)c(C)c(C)n1. The number of rotatable bonds is 0.